The molecule has 178 valence electrons. The second-order valence-electron chi connectivity index (χ2n) is 8.59. The van der Waals surface area contributed by atoms with Gasteiger partial charge in [0.05, 0.1) is 19.3 Å². The Morgan fingerprint density at radius 1 is 1.09 bits per heavy atom. The third-order valence-corrected chi connectivity index (χ3v) is 6.19. The van der Waals surface area contributed by atoms with Gasteiger partial charge in [-0.1, -0.05) is 43.3 Å². The summed E-state index contributed by atoms with van der Waals surface area (Å²) < 4.78 is 17.1. The fourth-order valence-corrected chi connectivity index (χ4v) is 4.58. The highest BCUT2D eigenvalue weighted by atomic mass is 16.5. The molecular formula is C28H31NO5. The van der Waals surface area contributed by atoms with Gasteiger partial charge in [0, 0.05) is 29.3 Å². The lowest BCUT2D eigenvalue weighted by Gasteiger charge is -2.34. The molecule has 6 heteroatoms. The van der Waals surface area contributed by atoms with Crippen LogP contribution < -0.4 is 14.8 Å². The number of ether oxygens (including phenoxy) is 3. The van der Waals surface area contributed by atoms with Crippen LogP contribution in [0.2, 0.25) is 0 Å². The number of allylic oxidation sites excluding steroid dienone is 3. The fourth-order valence-electron chi connectivity index (χ4n) is 4.58. The van der Waals surface area contributed by atoms with Crippen molar-refractivity contribution in [1.29, 1.82) is 0 Å². The maximum absolute atomic E-state index is 13.4. The molecule has 0 unspecified atom stereocenters. The molecule has 0 saturated carbocycles. The normalized spacial score (nSPS) is 17.7. The summed E-state index contributed by atoms with van der Waals surface area (Å²) in [5, 5.41) is 3.33. The van der Waals surface area contributed by atoms with Crippen molar-refractivity contribution in [2.75, 3.05) is 13.7 Å². The molecule has 0 aromatic heterocycles. The maximum atomic E-state index is 13.4. The van der Waals surface area contributed by atoms with Gasteiger partial charge in [0.1, 0.15) is 6.61 Å². The molecule has 4 rings (SSSR count). The molecule has 0 radical (unpaired) electrons. The van der Waals surface area contributed by atoms with Crippen LogP contribution in [-0.4, -0.2) is 25.5 Å². The summed E-state index contributed by atoms with van der Waals surface area (Å²) in [7, 11) is 1.59. The topological polar surface area (TPSA) is 73.9 Å². The molecule has 2 aromatic rings. The van der Waals surface area contributed by atoms with Gasteiger partial charge >= 0.3 is 5.97 Å². The highest BCUT2D eigenvalue weighted by Gasteiger charge is 2.39. The SMILES string of the molecule is CCCOc1ccc([C@@H]2C(C(=O)OCc3ccccc3)=C(C)NC3=C2C(=O)CCC3)cc1OC. The number of rotatable bonds is 8. The lowest BCUT2D eigenvalue weighted by molar-refractivity contribution is -0.140. The van der Waals surface area contributed by atoms with Crippen LogP contribution in [0.1, 0.15) is 56.6 Å². The van der Waals surface area contributed by atoms with Gasteiger partial charge in [-0.15, -0.1) is 0 Å². The Morgan fingerprint density at radius 3 is 2.62 bits per heavy atom. The van der Waals surface area contributed by atoms with E-state index in [1.165, 1.54) is 0 Å². The van der Waals surface area contributed by atoms with Crippen LogP contribution in [0.5, 0.6) is 11.5 Å². The molecule has 1 aliphatic heterocycles. The van der Waals surface area contributed by atoms with E-state index in [4.69, 9.17) is 14.2 Å². The Bertz CT molecular complexity index is 1130. The summed E-state index contributed by atoms with van der Waals surface area (Å²) in [6.07, 6.45) is 2.92. The van der Waals surface area contributed by atoms with E-state index < -0.39 is 11.9 Å². The van der Waals surface area contributed by atoms with Crippen molar-refractivity contribution >= 4 is 11.8 Å². The summed E-state index contributed by atoms with van der Waals surface area (Å²) >= 11 is 0. The lowest BCUT2D eigenvalue weighted by Crippen LogP contribution is -2.34. The zero-order chi connectivity index (χ0) is 24.1. The van der Waals surface area contributed by atoms with Gasteiger partial charge in [-0.2, -0.15) is 0 Å². The molecule has 1 atom stereocenters. The third-order valence-electron chi connectivity index (χ3n) is 6.19. The van der Waals surface area contributed by atoms with E-state index in [0.29, 0.717) is 41.4 Å². The largest absolute Gasteiger partial charge is 0.493 e. The number of nitrogens with one attached hydrogen (secondary N) is 1. The molecule has 0 spiro atoms. The summed E-state index contributed by atoms with van der Waals surface area (Å²) in [6.45, 7) is 4.65. The molecule has 0 amide bonds. The van der Waals surface area contributed by atoms with Crippen molar-refractivity contribution in [1.82, 2.24) is 5.32 Å². The molecule has 1 heterocycles. The Morgan fingerprint density at radius 2 is 1.88 bits per heavy atom. The number of benzene rings is 2. The van der Waals surface area contributed by atoms with Crippen LogP contribution in [0.25, 0.3) is 0 Å². The van der Waals surface area contributed by atoms with Crippen molar-refractivity contribution in [2.24, 2.45) is 0 Å². The molecule has 0 saturated heterocycles. The number of methoxy groups -OCH3 is 1. The highest BCUT2D eigenvalue weighted by Crippen LogP contribution is 2.44. The molecule has 1 aliphatic carbocycles. The number of hydrogen-bond donors (Lipinski definition) is 1. The Balaban J connectivity index is 1.73. The molecule has 0 bridgehead atoms. The highest BCUT2D eigenvalue weighted by molar-refractivity contribution is 6.03. The number of ketones is 1. The van der Waals surface area contributed by atoms with Crippen molar-refractivity contribution in [3.8, 4) is 11.5 Å². The number of carbonyl (C=O) groups is 2. The van der Waals surface area contributed by atoms with Gasteiger partial charge in [0.15, 0.2) is 17.3 Å². The molecule has 2 aliphatic rings. The van der Waals surface area contributed by atoms with E-state index in [1.54, 1.807) is 7.11 Å². The van der Waals surface area contributed by atoms with E-state index in [0.717, 1.165) is 36.1 Å². The zero-order valence-corrected chi connectivity index (χ0v) is 20.0. The van der Waals surface area contributed by atoms with Gasteiger partial charge in [0.25, 0.3) is 0 Å². The molecule has 2 aromatic carbocycles. The number of Topliss-reactive ketones (excluding diaryl/α,β-unsaturated/α-hetero) is 1. The lowest BCUT2D eigenvalue weighted by atomic mass is 9.75. The second-order valence-corrected chi connectivity index (χ2v) is 8.59. The Kier molecular flexibility index (Phi) is 7.36. The van der Waals surface area contributed by atoms with Crippen molar-refractivity contribution < 1.29 is 23.8 Å². The standard InChI is InChI=1S/C28H31NO5/c1-4-15-33-23-14-13-20(16-24(23)32-3)26-25(28(31)34-17-19-9-6-5-7-10-19)18(2)29-21-11-8-12-22(30)27(21)26/h5-7,9-10,13-14,16,26,29H,4,8,11-12,15,17H2,1-3H3/t26-/m1/s1. The minimum atomic E-state index is -0.526. The predicted octanol–water partition coefficient (Wildman–Crippen LogP) is 5.20. The first-order valence-corrected chi connectivity index (χ1v) is 11.8. The van der Waals surface area contributed by atoms with Gasteiger partial charge in [-0.3, -0.25) is 4.79 Å². The first-order chi connectivity index (χ1) is 16.5. The van der Waals surface area contributed by atoms with Crippen LogP contribution in [0.3, 0.4) is 0 Å². The monoisotopic (exact) mass is 461 g/mol. The smallest absolute Gasteiger partial charge is 0.337 e. The summed E-state index contributed by atoms with van der Waals surface area (Å²) in [6, 6.07) is 15.2. The van der Waals surface area contributed by atoms with Crippen molar-refractivity contribution in [3.63, 3.8) is 0 Å². The fraction of sp³-hybridized carbons (Fsp3) is 0.357. The van der Waals surface area contributed by atoms with Gasteiger partial charge < -0.3 is 19.5 Å². The van der Waals surface area contributed by atoms with Crippen molar-refractivity contribution in [3.05, 3.63) is 82.2 Å². The predicted molar refractivity (Wildman–Crippen MR) is 129 cm³/mol. The van der Waals surface area contributed by atoms with Crippen LogP contribution in [0.4, 0.5) is 0 Å². The molecular weight excluding hydrogens is 430 g/mol. The average Bonchev–Trinajstić information content (AvgIpc) is 2.86. The number of esters is 1. The first kappa shape index (κ1) is 23.6. The van der Waals surface area contributed by atoms with Gasteiger partial charge in [-0.05, 0) is 49.4 Å². The molecule has 34 heavy (non-hydrogen) atoms. The number of dihydropyridines is 1. The first-order valence-electron chi connectivity index (χ1n) is 11.8. The van der Waals surface area contributed by atoms with E-state index in [9.17, 15) is 9.59 Å². The van der Waals surface area contributed by atoms with Gasteiger partial charge in [0.2, 0.25) is 0 Å². The summed E-state index contributed by atoms with van der Waals surface area (Å²) in [5.41, 5.74) is 4.41. The molecule has 6 nitrogen and oxygen atoms in total. The minimum absolute atomic E-state index is 0.0601. The Hall–Kier alpha value is -3.54. The second kappa shape index (κ2) is 10.6. The van der Waals surface area contributed by atoms with E-state index >= 15 is 0 Å². The van der Waals surface area contributed by atoms with E-state index in [-0.39, 0.29) is 12.4 Å². The summed E-state index contributed by atoms with van der Waals surface area (Å²) in [5.74, 6) is 0.310. The quantitative estimate of drug-likeness (QED) is 0.545. The minimum Gasteiger partial charge on any atom is -0.493 e. The zero-order valence-electron chi connectivity index (χ0n) is 20.0. The number of carbonyl (C=O) groups excluding carboxylic acids is 2. The maximum Gasteiger partial charge on any atom is 0.337 e. The van der Waals surface area contributed by atoms with Crippen LogP contribution in [0.15, 0.2) is 71.1 Å². The van der Waals surface area contributed by atoms with Crippen molar-refractivity contribution in [2.45, 2.75) is 52.1 Å². The summed E-state index contributed by atoms with van der Waals surface area (Å²) in [4.78, 5) is 26.5. The van der Waals surface area contributed by atoms with E-state index in [2.05, 4.69) is 5.32 Å². The molecule has 0 fully saturated rings. The Labute approximate surface area is 200 Å². The molecule has 1 N–H and O–H groups in total. The van der Waals surface area contributed by atoms with Crippen LogP contribution in [0, 0.1) is 0 Å². The van der Waals surface area contributed by atoms with E-state index in [1.807, 2.05) is 62.4 Å². The number of hydrogen-bond acceptors (Lipinski definition) is 6. The van der Waals surface area contributed by atoms with Crippen LogP contribution >= 0.6 is 0 Å². The average molecular weight is 462 g/mol. The third kappa shape index (κ3) is 4.86. The van der Waals surface area contributed by atoms with Gasteiger partial charge in [-0.25, -0.2) is 4.79 Å². The van der Waals surface area contributed by atoms with Crippen LogP contribution in [-0.2, 0) is 20.9 Å².